The van der Waals surface area contributed by atoms with E-state index in [1.54, 1.807) is 36.4 Å². The minimum atomic E-state index is -2.20. The Kier molecular flexibility index (Phi) is 3.96. The molecule has 0 unspecified atom stereocenters. The van der Waals surface area contributed by atoms with Crippen molar-refractivity contribution in [2.45, 2.75) is 0 Å². The first kappa shape index (κ1) is 19.3. The van der Waals surface area contributed by atoms with Crippen molar-refractivity contribution in [3.05, 3.63) is 88.2 Å². The van der Waals surface area contributed by atoms with Gasteiger partial charge in [-0.1, -0.05) is 36.4 Å². The molecule has 6 aromatic rings. The van der Waals surface area contributed by atoms with Gasteiger partial charge in [-0.15, -0.1) is 0 Å². The molecule has 4 aromatic carbocycles. The number of furan rings is 1. The van der Waals surface area contributed by atoms with Crippen LogP contribution in [0.15, 0.2) is 63.5 Å². The van der Waals surface area contributed by atoms with Gasteiger partial charge in [0.2, 0.25) is 5.82 Å². The number of halogens is 6. The Hall–Kier alpha value is -3.39. The summed E-state index contributed by atoms with van der Waals surface area (Å²) in [6.45, 7) is 0. The van der Waals surface area contributed by atoms with Gasteiger partial charge in [0, 0.05) is 32.1 Å². The molecule has 0 saturated carbocycles. The number of aromatic nitrogens is 1. The highest BCUT2D eigenvalue weighted by atomic mass is 79.9. The number of fused-ring (bicyclic) bond motifs is 6. The third-order valence-corrected chi connectivity index (χ3v) is 6.44. The Bertz CT molecular complexity index is 1720. The molecule has 0 N–H and O–H groups in total. The van der Waals surface area contributed by atoms with Crippen molar-refractivity contribution in [2.75, 3.05) is 0 Å². The fourth-order valence-electron chi connectivity index (χ4n) is 4.30. The molecular weight excluding hydrogens is 493 g/mol. The van der Waals surface area contributed by atoms with Crippen LogP contribution in [-0.2, 0) is 0 Å². The summed E-state index contributed by atoms with van der Waals surface area (Å²) in [4.78, 5) is 0. The largest absolute Gasteiger partial charge is 0.456 e. The maximum atomic E-state index is 14.8. The van der Waals surface area contributed by atoms with E-state index in [1.165, 1.54) is 0 Å². The van der Waals surface area contributed by atoms with Gasteiger partial charge >= 0.3 is 0 Å². The molecule has 0 bridgehead atoms. The van der Waals surface area contributed by atoms with Crippen LogP contribution in [0.2, 0.25) is 0 Å². The Morgan fingerprint density at radius 2 is 1.22 bits per heavy atom. The molecule has 8 heteroatoms. The normalized spacial score (nSPS) is 12.1. The number of benzene rings is 4. The first-order valence-electron chi connectivity index (χ1n) is 9.45. The minimum absolute atomic E-state index is 0.229. The van der Waals surface area contributed by atoms with Gasteiger partial charge in [-0.25, -0.2) is 22.0 Å². The summed E-state index contributed by atoms with van der Waals surface area (Å²) in [6.07, 6.45) is 0. The van der Waals surface area contributed by atoms with Gasteiger partial charge in [-0.05, 0) is 28.1 Å². The first-order chi connectivity index (χ1) is 15.4. The van der Waals surface area contributed by atoms with Crippen molar-refractivity contribution in [1.82, 2.24) is 4.57 Å². The number of hydrogen-bond donors (Lipinski definition) is 0. The molecule has 6 rings (SSSR count). The summed E-state index contributed by atoms with van der Waals surface area (Å²) in [5.74, 6) is -10.0. The highest BCUT2D eigenvalue weighted by Gasteiger charge is 2.30. The summed E-state index contributed by atoms with van der Waals surface area (Å²) < 4.78 is 79.0. The smallest absolute Gasteiger partial charge is 0.200 e. The predicted octanol–water partition coefficient (Wildman–Crippen LogP) is 8.14. The molecule has 2 nitrogen and oxygen atoms in total. The van der Waals surface area contributed by atoms with E-state index in [0.717, 1.165) is 15.3 Å². The molecule has 0 saturated heterocycles. The molecule has 158 valence electrons. The van der Waals surface area contributed by atoms with Crippen LogP contribution in [0.1, 0.15) is 0 Å². The monoisotopic (exact) mass is 501 g/mol. The predicted molar refractivity (Wildman–Crippen MR) is 116 cm³/mol. The van der Waals surface area contributed by atoms with Gasteiger partial charge in [-0.3, -0.25) is 0 Å². The van der Waals surface area contributed by atoms with Crippen molar-refractivity contribution < 1.29 is 26.4 Å². The van der Waals surface area contributed by atoms with Crippen LogP contribution in [0.25, 0.3) is 49.4 Å². The van der Waals surface area contributed by atoms with Gasteiger partial charge in [-0.2, -0.15) is 0 Å². The Balaban J connectivity index is 1.89. The van der Waals surface area contributed by atoms with E-state index >= 15 is 0 Å². The van der Waals surface area contributed by atoms with Crippen molar-refractivity contribution in [2.24, 2.45) is 0 Å². The lowest BCUT2D eigenvalue weighted by atomic mass is 10.1. The zero-order chi connectivity index (χ0) is 22.3. The average molecular weight is 502 g/mol. The minimum Gasteiger partial charge on any atom is -0.456 e. The average Bonchev–Trinajstić information content (AvgIpc) is 3.33. The summed E-state index contributed by atoms with van der Waals surface area (Å²) in [7, 11) is 0. The second kappa shape index (κ2) is 6.56. The van der Waals surface area contributed by atoms with Crippen LogP contribution in [0, 0.1) is 29.1 Å². The summed E-state index contributed by atoms with van der Waals surface area (Å²) in [5.41, 5.74) is 0.465. The van der Waals surface area contributed by atoms with E-state index < -0.39 is 34.8 Å². The van der Waals surface area contributed by atoms with Crippen molar-refractivity contribution in [3.63, 3.8) is 0 Å². The van der Waals surface area contributed by atoms with Crippen molar-refractivity contribution in [3.8, 4) is 5.69 Å². The Morgan fingerprint density at radius 1 is 0.625 bits per heavy atom. The van der Waals surface area contributed by atoms with E-state index in [1.807, 2.05) is 18.2 Å². The van der Waals surface area contributed by atoms with Gasteiger partial charge in [0.25, 0.3) is 0 Å². The summed E-state index contributed by atoms with van der Waals surface area (Å²) in [5, 5.41) is 2.70. The van der Waals surface area contributed by atoms with E-state index in [9.17, 15) is 22.0 Å². The zero-order valence-electron chi connectivity index (χ0n) is 15.8. The Labute approximate surface area is 184 Å². The van der Waals surface area contributed by atoms with E-state index in [4.69, 9.17) is 4.42 Å². The highest BCUT2D eigenvalue weighted by molar-refractivity contribution is 9.10. The standard InChI is InChI=1S/C24H9BrF5NO/c25-18-16-10-5-1-3-7-12(10)31(24-22(29)20(27)19(26)21(28)23(24)30)13(16)9-15-17(18)11-6-2-4-8-14(11)32-15/h1-9H. The van der Waals surface area contributed by atoms with Gasteiger partial charge < -0.3 is 8.98 Å². The molecule has 0 fully saturated rings. The molecule has 0 amide bonds. The maximum absolute atomic E-state index is 14.8. The number of hydrogen-bond acceptors (Lipinski definition) is 1. The molecule has 32 heavy (non-hydrogen) atoms. The molecule has 0 aliphatic rings. The number of nitrogens with zero attached hydrogens (tertiary/aromatic N) is 1. The summed E-state index contributed by atoms with van der Waals surface area (Å²) >= 11 is 3.60. The van der Waals surface area contributed by atoms with Crippen LogP contribution in [-0.4, -0.2) is 4.57 Å². The molecule has 0 atom stereocenters. The molecule has 2 heterocycles. The molecule has 2 aromatic heterocycles. The fraction of sp³-hybridized carbons (Fsp3) is 0. The highest BCUT2D eigenvalue weighted by Crippen LogP contribution is 2.44. The SMILES string of the molecule is Fc1c(F)c(F)c(-n2c3ccccc3c3c(Br)c4c(cc32)oc2ccccc24)c(F)c1F. The Morgan fingerprint density at radius 3 is 1.94 bits per heavy atom. The molecular formula is C24H9BrF5NO. The molecule has 0 aliphatic carbocycles. The summed E-state index contributed by atoms with van der Waals surface area (Å²) in [6, 6.07) is 15.5. The fourth-order valence-corrected chi connectivity index (χ4v) is 5.12. The van der Waals surface area contributed by atoms with E-state index in [-0.39, 0.29) is 11.0 Å². The van der Waals surface area contributed by atoms with Crippen molar-refractivity contribution >= 4 is 59.7 Å². The lowest BCUT2D eigenvalue weighted by molar-refractivity contribution is 0.376. The van der Waals surface area contributed by atoms with E-state index in [0.29, 0.717) is 26.4 Å². The van der Waals surface area contributed by atoms with Gasteiger partial charge in [0.15, 0.2) is 23.3 Å². The van der Waals surface area contributed by atoms with E-state index in [2.05, 4.69) is 15.9 Å². The number of para-hydroxylation sites is 2. The van der Waals surface area contributed by atoms with Gasteiger partial charge in [0.05, 0.1) is 11.0 Å². The van der Waals surface area contributed by atoms with Crippen LogP contribution in [0.5, 0.6) is 0 Å². The number of rotatable bonds is 1. The van der Waals surface area contributed by atoms with Crippen LogP contribution in [0.3, 0.4) is 0 Å². The lowest BCUT2D eigenvalue weighted by Gasteiger charge is -2.12. The first-order valence-corrected chi connectivity index (χ1v) is 10.2. The molecule has 0 radical (unpaired) electrons. The molecule has 0 spiro atoms. The second-order valence-electron chi connectivity index (χ2n) is 7.33. The van der Waals surface area contributed by atoms with Gasteiger partial charge in [0.1, 0.15) is 16.9 Å². The molecule has 0 aliphatic heterocycles. The third kappa shape index (κ3) is 2.33. The van der Waals surface area contributed by atoms with Crippen molar-refractivity contribution in [1.29, 1.82) is 0 Å². The lowest BCUT2D eigenvalue weighted by Crippen LogP contribution is -2.09. The zero-order valence-corrected chi connectivity index (χ0v) is 17.4. The second-order valence-corrected chi connectivity index (χ2v) is 8.12. The topological polar surface area (TPSA) is 18.1 Å². The third-order valence-electron chi connectivity index (χ3n) is 5.65. The maximum Gasteiger partial charge on any atom is 0.200 e. The quantitative estimate of drug-likeness (QED) is 0.126. The van der Waals surface area contributed by atoms with Crippen LogP contribution in [0.4, 0.5) is 22.0 Å². The van der Waals surface area contributed by atoms with Crippen LogP contribution < -0.4 is 0 Å². The van der Waals surface area contributed by atoms with Crippen LogP contribution >= 0.6 is 15.9 Å².